The van der Waals surface area contributed by atoms with Crippen molar-refractivity contribution in [2.24, 2.45) is 0 Å². The second-order valence-electron chi connectivity index (χ2n) is 3.08. The predicted octanol–water partition coefficient (Wildman–Crippen LogP) is 2.29. The van der Waals surface area contributed by atoms with E-state index in [1.807, 2.05) is 19.1 Å². The van der Waals surface area contributed by atoms with Crippen LogP contribution < -0.4 is 0 Å². The van der Waals surface area contributed by atoms with Crippen molar-refractivity contribution in [1.82, 2.24) is 9.97 Å². The highest BCUT2D eigenvalue weighted by atomic mass is 35.5. The smallest absolute Gasteiger partial charge is 0.181 e. The van der Waals surface area contributed by atoms with Gasteiger partial charge in [-0.05, 0) is 19.1 Å². The fourth-order valence-electron chi connectivity index (χ4n) is 1.56. The van der Waals surface area contributed by atoms with Gasteiger partial charge in [0.05, 0.1) is 22.5 Å². The van der Waals surface area contributed by atoms with Crippen molar-refractivity contribution in [2.45, 2.75) is 6.92 Å². The third-order valence-corrected chi connectivity index (χ3v) is 2.38. The Bertz CT molecular complexity index is 490. The molecular formula is C10H9ClN2O. The molecule has 0 saturated heterocycles. The molecule has 0 saturated carbocycles. The number of hydrogen-bond donors (Lipinski definition) is 1. The summed E-state index contributed by atoms with van der Waals surface area (Å²) in [5.74, 6) is -0.0983. The Kier molecular flexibility index (Phi) is 2.25. The Morgan fingerprint density at radius 2 is 2.43 bits per heavy atom. The SMILES string of the molecule is Cc1[nH]c2cccnc2c1C(=O)CCl. The number of fused-ring (bicyclic) bond motifs is 1. The predicted molar refractivity (Wildman–Crippen MR) is 55.9 cm³/mol. The Hall–Kier alpha value is -1.35. The third-order valence-electron chi connectivity index (χ3n) is 2.14. The van der Waals surface area contributed by atoms with Gasteiger partial charge < -0.3 is 4.98 Å². The summed E-state index contributed by atoms with van der Waals surface area (Å²) in [5, 5.41) is 0. The number of hydrogen-bond acceptors (Lipinski definition) is 2. The van der Waals surface area contributed by atoms with Gasteiger partial charge in [0.1, 0.15) is 0 Å². The summed E-state index contributed by atoms with van der Waals surface area (Å²) in [5.41, 5.74) is 3.01. The number of aryl methyl sites for hydroxylation is 1. The minimum Gasteiger partial charge on any atom is -0.357 e. The maximum atomic E-state index is 11.5. The molecule has 1 N–H and O–H groups in total. The first-order valence-electron chi connectivity index (χ1n) is 4.26. The summed E-state index contributed by atoms with van der Waals surface area (Å²) >= 11 is 5.52. The van der Waals surface area contributed by atoms with Crippen LogP contribution in [0.25, 0.3) is 11.0 Å². The molecule has 2 heterocycles. The average molecular weight is 209 g/mol. The number of ketones is 1. The molecule has 0 bridgehead atoms. The molecule has 0 amide bonds. The standard InChI is InChI=1S/C10H9ClN2O/c1-6-9(8(14)5-11)10-7(13-6)3-2-4-12-10/h2-4,13H,5H2,1H3. The van der Waals surface area contributed by atoms with E-state index in [-0.39, 0.29) is 11.7 Å². The van der Waals surface area contributed by atoms with Crippen LogP contribution >= 0.6 is 11.6 Å². The number of halogens is 1. The number of pyridine rings is 1. The van der Waals surface area contributed by atoms with Gasteiger partial charge in [-0.15, -0.1) is 11.6 Å². The number of aromatic amines is 1. The zero-order valence-electron chi connectivity index (χ0n) is 7.67. The molecule has 72 valence electrons. The lowest BCUT2D eigenvalue weighted by atomic mass is 10.1. The molecule has 0 aromatic carbocycles. The Morgan fingerprint density at radius 3 is 3.14 bits per heavy atom. The lowest BCUT2D eigenvalue weighted by Gasteiger charge is -1.94. The molecule has 0 spiro atoms. The van der Waals surface area contributed by atoms with E-state index in [2.05, 4.69) is 9.97 Å². The molecule has 3 nitrogen and oxygen atoms in total. The molecule has 2 aromatic rings. The first kappa shape index (κ1) is 9.21. The zero-order chi connectivity index (χ0) is 10.1. The minimum atomic E-state index is -0.0888. The first-order valence-corrected chi connectivity index (χ1v) is 4.80. The number of rotatable bonds is 2. The van der Waals surface area contributed by atoms with E-state index >= 15 is 0 Å². The summed E-state index contributed by atoms with van der Waals surface area (Å²) in [6.45, 7) is 1.85. The number of carbonyl (C=O) groups excluding carboxylic acids is 1. The highest BCUT2D eigenvalue weighted by Gasteiger charge is 2.15. The van der Waals surface area contributed by atoms with E-state index in [0.717, 1.165) is 11.2 Å². The topological polar surface area (TPSA) is 45.8 Å². The highest BCUT2D eigenvalue weighted by Crippen LogP contribution is 2.20. The van der Waals surface area contributed by atoms with Crippen LogP contribution in [-0.2, 0) is 0 Å². The maximum Gasteiger partial charge on any atom is 0.181 e. The monoisotopic (exact) mass is 208 g/mol. The third kappa shape index (κ3) is 1.30. The van der Waals surface area contributed by atoms with Gasteiger partial charge in [0.25, 0.3) is 0 Å². The molecular weight excluding hydrogens is 200 g/mol. The summed E-state index contributed by atoms with van der Waals surface area (Å²) < 4.78 is 0. The van der Waals surface area contributed by atoms with Crippen molar-refractivity contribution < 1.29 is 4.79 Å². The van der Waals surface area contributed by atoms with Crippen LogP contribution in [0, 0.1) is 6.92 Å². The number of nitrogens with zero attached hydrogens (tertiary/aromatic N) is 1. The lowest BCUT2D eigenvalue weighted by Crippen LogP contribution is -2.01. The van der Waals surface area contributed by atoms with Gasteiger partial charge in [-0.2, -0.15) is 0 Å². The minimum absolute atomic E-state index is 0.00956. The Labute approximate surface area is 86.1 Å². The molecule has 2 rings (SSSR count). The molecule has 14 heavy (non-hydrogen) atoms. The van der Waals surface area contributed by atoms with Crippen LogP contribution in [-0.4, -0.2) is 21.6 Å². The van der Waals surface area contributed by atoms with Crippen molar-refractivity contribution in [1.29, 1.82) is 0 Å². The highest BCUT2D eigenvalue weighted by molar-refractivity contribution is 6.32. The fourth-order valence-corrected chi connectivity index (χ4v) is 1.69. The average Bonchev–Trinajstić information content (AvgIpc) is 2.53. The lowest BCUT2D eigenvalue weighted by molar-refractivity contribution is 0.102. The Balaban J connectivity index is 2.74. The molecule has 0 radical (unpaired) electrons. The van der Waals surface area contributed by atoms with Crippen LogP contribution in [0.3, 0.4) is 0 Å². The molecule has 2 aromatic heterocycles. The van der Waals surface area contributed by atoms with Crippen molar-refractivity contribution in [3.8, 4) is 0 Å². The molecule has 4 heteroatoms. The second kappa shape index (κ2) is 3.42. The van der Waals surface area contributed by atoms with Crippen molar-refractivity contribution in [3.05, 3.63) is 29.6 Å². The van der Waals surface area contributed by atoms with Gasteiger partial charge in [-0.3, -0.25) is 9.78 Å². The maximum absolute atomic E-state index is 11.5. The number of aromatic nitrogens is 2. The van der Waals surface area contributed by atoms with E-state index in [1.165, 1.54) is 0 Å². The van der Waals surface area contributed by atoms with Crippen LogP contribution in [0.1, 0.15) is 16.1 Å². The fraction of sp³-hybridized carbons (Fsp3) is 0.200. The number of H-pyrrole nitrogens is 1. The summed E-state index contributed by atoms with van der Waals surface area (Å²) in [7, 11) is 0. The van der Waals surface area contributed by atoms with E-state index in [9.17, 15) is 4.79 Å². The molecule has 0 unspecified atom stereocenters. The zero-order valence-corrected chi connectivity index (χ0v) is 8.43. The largest absolute Gasteiger partial charge is 0.357 e. The van der Waals surface area contributed by atoms with Crippen LogP contribution in [0.2, 0.25) is 0 Å². The van der Waals surface area contributed by atoms with Gasteiger partial charge in [0.15, 0.2) is 5.78 Å². The van der Waals surface area contributed by atoms with Crippen molar-refractivity contribution >= 4 is 28.4 Å². The van der Waals surface area contributed by atoms with E-state index in [4.69, 9.17) is 11.6 Å². The summed E-state index contributed by atoms with van der Waals surface area (Å²) in [4.78, 5) is 18.8. The summed E-state index contributed by atoms with van der Waals surface area (Å²) in [6, 6.07) is 3.72. The summed E-state index contributed by atoms with van der Waals surface area (Å²) in [6.07, 6.45) is 1.67. The van der Waals surface area contributed by atoms with Crippen molar-refractivity contribution in [3.63, 3.8) is 0 Å². The molecule has 0 fully saturated rings. The second-order valence-corrected chi connectivity index (χ2v) is 3.35. The Morgan fingerprint density at radius 1 is 1.64 bits per heavy atom. The quantitative estimate of drug-likeness (QED) is 0.608. The molecule has 0 atom stereocenters. The van der Waals surface area contributed by atoms with Crippen LogP contribution in [0.4, 0.5) is 0 Å². The number of nitrogens with one attached hydrogen (secondary N) is 1. The number of Topliss-reactive ketones (excluding diaryl/α,β-unsaturated/α-hetero) is 1. The molecule has 0 aliphatic rings. The van der Waals surface area contributed by atoms with Crippen LogP contribution in [0.15, 0.2) is 18.3 Å². The van der Waals surface area contributed by atoms with Gasteiger partial charge in [0, 0.05) is 11.9 Å². The normalized spacial score (nSPS) is 10.7. The van der Waals surface area contributed by atoms with Crippen LogP contribution in [0.5, 0.6) is 0 Å². The number of carbonyl (C=O) groups is 1. The van der Waals surface area contributed by atoms with Gasteiger partial charge in [-0.25, -0.2) is 0 Å². The van der Waals surface area contributed by atoms with Gasteiger partial charge in [-0.1, -0.05) is 0 Å². The van der Waals surface area contributed by atoms with Crippen molar-refractivity contribution in [2.75, 3.05) is 5.88 Å². The molecule has 0 aliphatic carbocycles. The van der Waals surface area contributed by atoms with E-state index in [1.54, 1.807) is 6.20 Å². The van der Waals surface area contributed by atoms with Gasteiger partial charge >= 0.3 is 0 Å². The van der Waals surface area contributed by atoms with E-state index < -0.39 is 0 Å². The van der Waals surface area contributed by atoms with E-state index in [0.29, 0.717) is 11.1 Å². The van der Waals surface area contributed by atoms with Gasteiger partial charge in [0.2, 0.25) is 0 Å². The first-order chi connectivity index (χ1) is 6.74. The number of alkyl halides is 1. The molecule has 0 aliphatic heterocycles.